The van der Waals surface area contributed by atoms with Gasteiger partial charge in [0.15, 0.2) is 11.9 Å². The third-order valence-corrected chi connectivity index (χ3v) is 18.3. The number of carbonyl (C=O) groups excluding carboxylic acids is 5. The van der Waals surface area contributed by atoms with Crippen molar-refractivity contribution in [2.45, 2.75) is 194 Å². The van der Waals surface area contributed by atoms with Crippen LogP contribution in [0.4, 0.5) is 0 Å². The van der Waals surface area contributed by atoms with Crippen molar-refractivity contribution in [1.29, 1.82) is 0 Å². The van der Waals surface area contributed by atoms with E-state index in [4.69, 9.17) is 42.9 Å². The molecule has 348 valence electrons. The van der Waals surface area contributed by atoms with Gasteiger partial charge in [-0.05, 0) is 124 Å². The van der Waals surface area contributed by atoms with Gasteiger partial charge in [0.2, 0.25) is 12.1 Å². The number of methoxy groups -OCH3 is 1. The maximum Gasteiger partial charge on any atom is 0.308 e. The Bertz CT molecular complexity index is 1740. The van der Waals surface area contributed by atoms with Gasteiger partial charge < -0.3 is 33.2 Å². The number of rotatable bonds is 11. The lowest BCUT2D eigenvalue weighted by molar-refractivity contribution is -0.576. The Kier molecular flexibility index (Phi) is 12.7. The van der Waals surface area contributed by atoms with E-state index in [0.29, 0.717) is 50.9 Å². The van der Waals surface area contributed by atoms with Crippen molar-refractivity contribution in [1.82, 2.24) is 0 Å². The molecular formula is C48H72O14. The Morgan fingerprint density at radius 2 is 1.42 bits per heavy atom. The van der Waals surface area contributed by atoms with Crippen LogP contribution in [0.25, 0.3) is 0 Å². The Labute approximate surface area is 367 Å². The summed E-state index contributed by atoms with van der Waals surface area (Å²) in [5.74, 6) is -1.47. The smallest absolute Gasteiger partial charge is 0.308 e. The average molecular weight is 873 g/mol. The number of esters is 5. The van der Waals surface area contributed by atoms with E-state index in [1.165, 1.54) is 21.0 Å². The highest BCUT2D eigenvalue weighted by Gasteiger charge is 2.71. The fourth-order valence-electron chi connectivity index (χ4n) is 15.2. The Balaban J connectivity index is 0.906. The van der Waals surface area contributed by atoms with Gasteiger partial charge in [-0.3, -0.25) is 24.0 Å². The topological polar surface area (TPSA) is 168 Å². The predicted molar refractivity (Wildman–Crippen MR) is 220 cm³/mol. The molecule has 19 atom stereocenters. The molecule has 2 bridgehead atoms. The van der Waals surface area contributed by atoms with E-state index in [1.54, 1.807) is 0 Å². The lowest BCUT2D eigenvalue weighted by Crippen LogP contribution is -2.70. The zero-order valence-electron chi connectivity index (χ0n) is 38.5. The van der Waals surface area contributed by atoms with Crippen molar-refractivity contribution in [3.8, 4) is 0 Å². The van der Waals surface area contributed by atoms with E-state index in [2.05, 4.69) is 27.7 Å². The van der Waals surface area contributed by atoms with Crippen LogP contribution in [0.15, 0.2) is 0 Å². The van der Waals surface area contributed by atoms with Gasteiger partial charge in [-0.25, -0.2) is 9.78 Å². The van der Waals surface area contributed by atoms with E-state index >= 15 is 0 Å². The minimum absolute atomic E-state index is 0.00844. The van der Waals surface area contributed by atoms with Crippen molar-refractivity contribution < 1.29 is 66.9 Å². The summed E-state index contributed by atoms with van der Waals surface area (Å²) in [6.45, 7) is 15.9. The molecule has 4 aliphatic heterocycles. The van der Waals surface area contributed by atoms with E-state index in [9.17, 15) is 24.0 Å². The van der Waals surface area contributed by atoms with Crippen molar-refractivity contribution in [2.75, 3.05) is 7.11 Å². The number of carbonyl (C=O) groups is 5. The molecule has 62 heavy (non-hydrogen) atoms. The van der Waals surface area contributed by atoms with Gasteiger partial charge in [0, 0.05) is 49.9 Å². The third-order valence-electron chi connectivity index (χ3n) is 18.3. The molecule has 1 spiro atoms. The van der Waals surface area contributed by atoms with Crippen LogP contribution >= 0.6 is 0 Å². The highest BCUT2D eigenvalue weighted by molar-refractivity contribution is 5.77. The summed E-state index contributed by atoms with van der Waals surface area (Å²) in [4.78, 5) is 76.5. The lowest BCUT2D eigenvalue weighted by Gasteiger charge is -2.64. The number of ether oxygens (including phenoxy) is 7. The molecule has 0 radical (unpaired) electrons. The van der Waals surface area contributed by atoms with Crippen molar-refractivity contribution in [3.05, 3.63) is 0 Å². The van der Waals surface area contributed by atoms with Crippen LogP contribution in [0.2, 0.25) is 0 Å². The summed E-state index contributed by atoms with van der Waals surface area (Å²) < 4.78 is 42.4. The first kappa shape index (κ1) is 45.7. The lowest BCUT2D eigenvalue weighted by atomic mass is 9.43. The van der Waals surface area contributed by atoms with Gasteiger partial charge in [-0.15, -0.1) is 0 Å². The van der Waals surface area contributed by atoms with Gasteiger partial charge in [0.05, 0.1) is 20.0 Å². The molecule has 5 aliphatic carbocycles. The molecule has 14 nitrogen and oxygen atoms in total. The SMILES string of the molecule is COC(=O)CC[C@@H](C)[C@H]1CC[C@H]2[C@@H]3[C@H](OC(C)=O)C[C@@H]4C[C@@H](OC(=O)CCC(=O)O[C@@H]5O[C@@H]6O[C@@]7(C)CC[C@H]8[C@H](C)CC[C@@H]([C@H]5C)[C@@]68OO7)CC[C@]4(C)[C@H]3C[C@H](OC(C)=O)[C@]12C. The van der Waals surface area contributed by atoms with Crippen molar-refractivity contribution in [3.63, 3.8) is 0 Å². The van der Waals surface area contributed by atoms with Crippen LogP contribution in [0, 0.1) is 70.0 Å². The molecule has 4 saturated heterocycles. The summed E-state index contributed by atoms with van der Waals surface area (Å²) in [5, 5.41) is 0. The molecular weight excluding hydrogens is 801 g/mol. The minimum Gasteiger partial charge on any atom is -0.469 e. The zero-order valence-corrected chi connectivity index (χ0v) is 38.5. The van der Waals surface area contributed by atoms with Crippen LogP contribution in [0.5, 0.6) is 0 Å². The second kappa shape index (κ2) is 17.2. The fraction of sp³-hybridized carbons (Fsp3) is 0.896. The summed E-state index contributed by atoms with van der Waals surface area (Å²) in [5.41, 5.74) is -1.28. The van der Waals surface area contributed by atoms with Crippen molar-refractivity contribution in [2.24, 2.45) is 70.0 Å². The fourth-order valence-corrected chi connectivity index (χ4v) is 15.2. The van der Waals surface area contributed by atoms with Crippen LogP contribution in [-0.2, 0) is 66.9 Å². The molecule has 0 unspecified atom stereocenters. The number of fused-ring (bicyclic) bond motifs is 7. The molecule has 0 aromatic rings. The summed E-state index contributed by atoms with van der Waals surface area (Å²) >= 11 is 0. The molecule has 0 aromatic carbocycles. The molecule has 0 amide bonds. The average Bonchev–Trinajstić information content (AvgIpc) is 3.42. The monoisotopic (exact) mass is 872 g/mol. The van der Waals surface area contributed by atoms with Crippen LogP contribution < -0.4 is 0 Å². The normalized spacial score (nSPS) is 46.9. The molecule has 0 N–H and O–H groups in total. The summed E-state index contributed by atoms with van der Waals surface area (Å²) in [6, 6.07) is 0. The van der Waals surface area contributed by atoms with E-state index in [1.807, 2.05) is 13.8 Å². The molecule has 4 heterocycles. The van der Waals surface area contributed by atoms with Gasteiger partial charge in [0.1, 0.15) is 18.3 Å². The Morgan fingerprint density at radius 3 is 2.13 bits per heavy atom. The van der Waals surface area contributed by atoms with Crippen LogP contribution in [0.1, 0.15) is 152 Å². The highest BCUT2D eigenvalue weighted by atomic mass is 17.3. The molecule has 14 heteroatoms. The third kappa shape index (κ3) is 7.90. The van der Waals surface area contributed by atoms with E-state index < -0.39 is 35.9 Å². The van der Waals surface area contributed by atoms with Crippen LogP contribution in [0.3, 0.4) is 0 Å². The van der Waals surface area contributed by atoms with Gasteiger partial charge in [-0.2, -0.15) is 0 Å². The van der Waals surface area contributed by atoms with E-state index in [-0.39, 0.29) is 113 Å². The minimum atomic E-state index is -0.940. The number of hydrogen-bond donors (Lipinski definition) is 0. The maximum absolute atomic E-state index is 13.4. The molecule has 5 saturated carbocycles. The predicted octanol–water partition coefficient (Wildman–Crippen LogP) is 7.76. The highest BCUT2D eigenvalue weighted by Crippen LogP contribution is 2.69. The zero-order chi connectivity index (χ0) is 44.5. The second-order valence-corrected chi connectivity index (χ2v) is 21.5. The standard InChI is InChI=1S/C48H72O14/c1-25(11-15-39(51)54-9)32-13-14-35-42-36(24-38(47(32,35)8)56-29(5)50)45(6)20-18-31(22-30(45)23-37(42)55-28(4)49)57-40(52)16-17-41(53)58-43-27(3)34-12-10-26(2)33-19-21-46(7)60-44(59-43)48(33,34)62-61-46/h25-27,30-38,42-44H,10-24H2,1-9H3/t25-,26-,27-,30+,31+,32-,33+,34+,35+,36+,37-,38+,42+,43-,44-,45+,46-,47-,48-/m1/s1. The first-order valence-corrected chi connectivity index (χ1v) is 23.8. The first-order chi connectivity index (χ1) is 29.3. The quantitative estimate of drug-likeness (QED) is 0.112. The second-order valence-electron chi connectivity index (χ2n) is 21.5. The Morgan fingerprint density at radius 1 is 0.710 bits per heavy atom. The molecule has 0 aromatic heterocycles. The number of hydrogen-bond acceptors (Lipinski definition) is 14. The maximum atomic E-state index is 13.4. The van der Waals surface area contributed by atoms with E-state index in [0.717, 1.165) is 38.5 Å². The van der Waals surface area contributed by atoms with Gasteiger partial charge in [-0.1, -0.05) is 34.6 Å². The van der Waals surface area contributed by atoms with Gasteiger partial charge >= 0.3 is 29.8 Å². The largest absolute Gasteiger partial charge is 0.469 e. The van der Waals surface area contributed by atoms with Crippen molar-refractivity contribution >= 4 is 29.8 Å². The Hall–Kier alpha value is -2.81. The molecule has 9 fully saturated rings. The summed E-state index contributed by atoms with van der Waals surface area (Å²) in [7, 11) is 1.41. The van der Waals surface area contributed by atoms with Crippen LogP contribution in [-0.4, -0.2) is 79.2 Å². The summed E-state index contributed by atoms with van der Waals surface area (Å²) in [6.07, 6.45) is 6.94. The molecule has 9 rings (SSSR count). The molecule has 9 aliphatic rings. The first-order valence-electron chi connectivity index (χ1n) is 23.8. The van der Waals surface area contributed by atoms with Gasteiger partial charge in [0.25, 0.3) is 0 Å².